The molecular weight excluding hydrogens is 314 g/mol. The second-order valence-electron chi connectivity index (χ2n) is 5.67. The summed E-state index contributed by atoms with van der Waals surface area (Å²) in [6, 6.07) is 5.83. The van der Waals surface area contributed by atoms with Gasteiger partial charge in [0.2, 0.25) is 0 Å². The van der Waals surface area contributed by atoms with Crippen LogP contribution >= 0.6 is 11.6 Å². The summed E-state index contributed by atoms with van der Waals surface area (Å²) in [6.45, 7) is 0.579. The highest BCUT2D eigenvalue weighted by Gasteiger charge is 2.38. The van der Waals surface area contributed by atoms with Crippen LogP contribution in [0.5, 0.6) is 5.75 Å². The summed E-state index contributed by atoms with van der Waals surface area (Å²) in [4.78, 5) is 0. The van der Waals surface area contributed by atoms with Gasteiger partial charge in [0.1, 0.15) is 18.0 Å². The number of benzene rings is 1. The van der Waals surface area contributed by atoms with Gasteiger partial charge >= 0.3 is 0 Å². The molecule has 0 spiro atoms. The molecule has 2 unspecified atom stereocenters. The van der Waals surface area contributed by atoms with Crippen LogP contribution in [0.25, 0.3) is 0 Å². The van der Waals surface area contributed by atoms with E-state index in [0.29, 0.717) is 23.4 Å². The monoisotopic (exact) mass is 331 g/mol. The molecule has 21 heavy (non-hydrogen) atoms. The summed E-state index contributed by atoms with van der Waals surface area (Å²) >= 11 is 6.21. The third-order valence-corrected chi connectivity index (χ3v) is 5.81. The first kappa shape index (κ1) is 15.1. The maximum absolute atomic E-state index is 11.5. The smallest absolute Gasteiger partial charge is 0.156 e. The predicted octanol–water partition coefficient (Wildman–Crippen LogP) is 1.13. The van der Waals surface area contributed by atoms with Crippen molar-refractivity contribution in [3.63, 3.8) is 0 Å². The molecule has 1 aliphatic carbocycles. The molecule has 1 aromatic rings. The first-order chi connectivity index (χ1) is 9.94. The van der Waals surface area contributed by atoms with Crippen molar-refractivity contribution >= 4 is 21.4 Å². The van der Waals surface area contributed by atoms with Crippen LogP contribution in [0.2, 0.25) is 5.02 Å². The fourth-order valence-corrected chi connectivity index (χ4v) is 4.32. The molecular formula is C14H18ClNO4S. The van der Waals surface area contributed by atoms with Crippen LogP contribution in [0.15, 0.2) is 18.2 Å². The number of ether oxygens (including phenoxy) is 1. The highest BCUT2D eigenvalue weighted by atomic mass is 35.5. The molecule has 0 bridgehead atoms. The second-order valence-corrected chi connectivity index (χ2v) is 8.23. The fraction of sp³-hybridized carbons (Fsp3) is 0.571. The molecule has 1 aliphatic heterocycles. The SMILES string of the molecule is O=S1(=O)CC(O)C(Oc2cccc(Cl)c2CNC2CC2)C1. The minimum Gasteiger partial charge on any atom is -0.486 e. The van der Waals surface area contributed by atoms with Crippen molar-refractivity contribution in [3.05, 3.63) is 28.8 Å². The minimum atomic E-state index is -3.23. The largest absolute Gasteiger partial charge is 0.486 e. The van der Waals surface area contributed by atoms with Crippen molar-refractivity contribution in [2.75, 3.05) is 11.5 Å². The molecule has 116 valence electrons. The lowest BCUT2D eigenvalue weighted by Crippen LogP contribution is -2.30. The Bertz CT molecular complexity index is 630. The van der Waals surface area contributed by atoms with Crippen molar-refractivity contribution in [1.82, 2.24) is 5.32 Å². The van der Waals surface area contributed by atoms with E-state index in [2.05, 4.69) is 5.32 Å². The van der Waals surface area contributed by atoms with Crippen LogP contribution in [-0.2, 0) is 16.4 Å². The lowest BCUT2D eigenvalue weighted by atomic mass is 10.2. The normalized spacial score (nSPS) is 27.7. The van der Waals surface area contributed by atoms with Crippen LogP contribution in [0.4, 0.5) is 0 Å². The number of nitrogens with one attached hydrogen (secondary N) is 1. The molecule has 5 nitrogen and oxygen atoms in total. The van der Waals surface area contributed by atoms with Crippen molar-refractivity contribution < 1.29 is 18.3 Å². The molecule has 7 heteroatoms. The van der Waals surface area contributed by atoms with Crippen LogP contribution in [-0.4, -0.2) is 43.3 Å². The van der Waals surface area contributed by atoms with E-state index >= 15 is 0 Å². The number of aliphatic hydroxyl groups is 1. The van der Waals surface area contributed by atoms with Crippen LogP contribution in [0, 0.1) is 0 Å². The van der Waals surface area contributed by atoms with Gasteiger partial charge in [-0.3, -0.25) is 0 Å². The van der Waals surface area contributed by atoms with E-state index in [-0.39, 0.29) is 11.5 Å². The molecule has 0 aromatic heterocycles. The van der Waals surface area contributed by atoms with Crippen molar-refractivity contribution in [1.29, 1.82) is 0 Å². The van der Waals surface area contributed by atoms with Gasteiger partial charge in [0, 0.05) is 23.2 Å². The Hall–Kier alpha value is -0.820. The maximum Gasteiger partial charge on any atom is 0.156 e. The van der Waals surface area contributed by atoms with E-state index in [1.807, 2.05) is 0 Å². The Morgan fingerprint density at radius 3 is 2.71 bits per heavy atom. The van der Waals surface area contributed by atoms with Gasteiger partial charge in [0.15, 0.2) is 9.84 Å². The van der Waals surface area contributed by atoms with Gasteiger partial charge in [0.25, 0.3) is 0 Å². The number of hydrogen-bond donors (Lipinski definition) is 2. The van der Waals surface area contributed by atoms with Gasteiger partial charge in [-0.25, -0.2) is 8.42 Å². The molecule has 2 atom stereocenters. The molecule has 2 aliphatic rings. The molecule has 0 amide bonds. The number of sulfone groups is 1. The minimum absolute atomic E-state index is 0.157. The standard InChI is InChI=1S/C14H18ClNO4S/c15-11-2-1-3-13(10(11)6-16-9-4-5-9)20-14-8-21(18,19)7-12(14)17/h1-3,9,12,14,16-17H,4-8H2. The van der Waals surface area contributed by atoms with Gasteiger partial charge in [-0.15, -0.1) is 0 Å². The van der Waals surface area contributed by atoms with Crippen LogP contribution in [0.1, 0.15) is 18.4 Å². The van der Waals surface area contributed by atoms with E-state index in [0.717, 1.165) is 5.56 Å². The number of hydrogen-bond acceptors (Lipinski definition) is 5. The molecule has 1 heterocycles. The second kappa shape index (κ2) is 5.76. The Morgan fingerprint density at radius 1 is 1.33 bits per heavy atom. The Labute approximate surface area is 129 Å². The van der Waals surface area contributed by atoms with E-state index < -0.39 is 22.0 Å². The van der Waals surface area contributed by atoms with Crippen molar-refractivity contribution in [3.8, 4) is 5.75 Å². The lowest BCUT2D eigenvalue weighted by molar-refractivity contribution is 0.0731. The van der Waals surface area contributed by atoms with E-state index in [1.165, 1.54) is 12.8 Å². The van der Waals surface area contributed by atoms with Crippen LogP contribution in [0.3, 0.4) is 0 Å². The summed E-state index contributed by atoms with van der Waals surface area (Å²) < 4.78 is 28.8. The summed E-state index contributed by atoms with van der Waals surface area (Å²) in [5.41, 5.74) is 0.808. The van der Waals surface area contributed by atoms with Gasteiger partial charge in [-0.05, 0) is 25.0 Å². The predicted molar refractivity (Wildman–Crippen MR) is 80.4 cm³/mol. The molecule has 1 saturated carbocycles. The first-order valence-corrected chi connectivity index (χ1v) is 9.20. The molecule has 2 N–H and O–H groups in total. The van der Waals surface area contributed by atoms with Crippen molar-refractivity contribution in [2.24, 2.45) is 0 Å². The summed E-state index contributed by atoms with van der Waals surface area (Å²) in [7, 11) is -3.23. The number of aliphatic hydroxyl groups excluding tert-OH is 1. The molecule has 0 radical (unpaired) electrons. The topological polar surface area (TPSA) is 75.6 Å². The fourth-order valence-electron chi connectivity index (χ4n) is 2.43. The highest BCUT2D eigenvalue weighted by molar-refractivity contribution is 7.91. The Kier molecular flexibility index (Phi) is 4.14. The van der Waals surface area contributed by atoms with Crippen molar-refractivity contribution in [2.45, 2.75) is 37.6 Å². The van der Waals surface area contributed by atoms with E-state index in [1.54, 1.807) is 18.2 Å². The van der Waals surface area contributed by atoms with E-state index in [9.17, 15) is 13.5 Å². The average Bonchev–Trinajstić information content (AvgIpc) is 3.16. The van der Waals surface area contributed by atoms with Gasteiger partial charge in [-0.1, -0.05) is 17.7 Å². The zero-order chi connectivity index (χ0) is 15.0. The quantitative estimate of drug-likeness (QED) is 0.846. The summed E-state index contributed by atoms with van der Waals surface area (Å²) in [5, 5.41) is 13.8. The molecule has 1 aromatic carbocycles. The lowest BCUT2D eigenvalue weighted by Gasteiger charge is -2.19. The Morgan fingerprint density at radius 2 is 2.10 bits per heavy atom. The first-order valence-electron chi connectivity index (χ1n) is 7.00. The molecule has 2 fully saturated rings. The molecule has 1 saturated heterocycles. The molecule has 3 rings (SSSR count). The van der Waals surface area contributed by atoms with Gasteiger partial charge in [0.05, 0.1) is 11.5 Å². The third-order valence-electron chi connectivity index (χ3n) is 3.77. The van der Waals surface area contributed by atoms with Crippen LogP contribution < -0.4 is 10.1 Å². The average molecular weight is 332 g/mol. The zero-order valence-corrected chi connectivity index (χ0v) is 13.0. The summed E-state index contributed by atoms with van der Waals surface area (Å²) in [5.74, 6) is 0.140. The number of rotatable bonds is 5. The zero-order valence-electron chi connectivity index (χ0n) is 11.5. The van der Waals surface area contributed by atoms with E-state index in [4.69, 9.17) is 16.3 Å². The highest BCUT2D eigenvalue weighted by Crippen LogP contribution is 2.30. The number of halogens is 1. The third kappa shape index (κ3) is 3.69. The maximum atomic E-state index is 11.5. The summed E-state index contributed by atoms with van der Waals surface area (Å²) in [6.07, 6.45) is 0.617. The van der Waals surface area contributed by atoms with Gasteiger partial charge in [-0.2, -0.15) is 0 Å². The Balaban J connectivity index is 1.76. The van der Waals surface area contributed by atoms with Gasteiger partial charge < -0.3 is 15.2 Å².